The van der Waals surface area contributed by atoms with Crippen LogP contribution >= 0.6 is 0 Å². The molecule has 134 valence electrons. The van der Waals surface area contributed by atoms with E-state index in [2.05, 4.69) is 10.6 Å². The van der Waals surface area contributed by atoms with E-state index in [1.807, 2.05) is 0 Å². The van der Waals surface area contributed by atoms with Gasteiger partial charge in [-0.1, -0.05) is 0 Å². The Hall–Kier alpha value is -3.55. The standard InChI is InChI=1S/C18H16N2O6/c1-11(21)19-13-4-2-12(3-5-13)18(23)24-9-17(22)20-14-6-7-15-16(8-14)26-10-25-15/h2-8H,9-10H2,1H3,(H,19,21)(H,20,22). The van der Waals surface area contributed by atoms with Crippen LogP contribution in [0.25, 0.3) is 0 Å². The SMILES string of the molecule is CC(=O)Nc1ccc(C(=O)OCC(=O)Nc2ccc3c(c2)OCO3)cc1. The van der Waals surface area contributed by atoms with E-state index < -0.39 is 18.5 Å². The maximum absolute atomic E-state index is 12.0. The average Bonchev–Trinajstić information content (AvgIpc) is 3.07. The highest BCUT2D eigenvalue weighted by Crippen LogP contribution is 2.34. The van der Waals surface area contributed by atoms with Gasteiger partial charge in [0.15, 0.2) is 18.1 Å². The van der Waals surface area contributed by atoms with E-state index in [9.17, 15) is 14.4 Å². The van der Waals surface area contributed by atoms with Crippen molar-refractivity contribution in [2.75, 3.05) is 24.0 Å². The largest absolute Gasteiger partial charge is 0.454 e. The van der Waals surface area contributed by atoms with Gasteiger partial charge in [0, 0.05) is 24.4 Å². The first-order chi connectivity index (χ1) is 12.5. The predicted molar refractivity (Wildman–Crippen MR) is 92.2 cm³/mol. The topological polar surface area (TPSA) is 103 Å². The summed E-state index contributed by atoms with van der Waals surface area (Å²) in [4.78, 5) is 34.8. The molecule has 1 heterocycles. The van der Waals surface area contributed by atoms with E-state index in [1.165, 1.54) is 19.1 Å². The van der Waals surface area contributed by atoms with Gasteiger partial charge in [-0.15, -0.1) is 0 Å². The van der Waals surface area contributed by atoms with E-state index >= 15 is 0 Å². The summed E-state index contributed by atoms with van der Waals surface area (Å²) in [5.41, 5.74) is 1.35. The minimum Gasteiger partial charge on any atom is -0.454 e. The van der Waals surface area contributed by atoms with Crippen LogP contribution in [0.15, 0.2) is 42.5 Å². The van der Waals surface area contributed by atoms with Gasteiger partial charge in [-0.05, 0) is 36.4 Å². The monoisotopic (exact) mass is 356 g/mol. The first-order valence-corrected chi connectivity index (χ1v) is 7.75. The fourth-order valence-electron chi connectivity index (χ4n) is 2.28. The molecule has 0 bridgehead atoms. The number of carbonyl (C=O) groups is 3. The maximum atomic E-state index is 12.0. The lowest BCUT2D eigenvalue weighted by molar-refractivity contribution is -0.119. The zero-order valence-electron chi connectivity index (χ0n) is 13.9. The molecule has 0 fully saturated rings. The van der Waals surface area contributed by atoms with Crippen LogP contribution in [0.1, 0.15) is 17.3 Å². The van der Waals surface area contributed by atoms with Crippen molar-refractivity contribution in [3.63, 3.8) is 0 Å². The molecule has 3 rings (SSSR count). The highest BCUT2D eigenvalue weighted by atomic mass is 16.7. The third-order valence-electron chi connectivity index (χ3n) is 3.43. The number of rotatable bonds is 5. The van der Waals surface area contributed by atoms with Crippen LogP contribution in [-0.2, 0) is 14.3 Å². The molecule has 0 spiro atoms. The Bertz CT molecular complexity index is 847. The molecule has 0 saturated heterocycles. The van der Waals surface area contributed by atoms with Crippen molar-refractivity contribution in [2.45, 2.75) is 6.92 Å². The van der Waals surface area contributed by atoms with Crippen LogP contribution in [0.4, 0.5) is 11.4 Å². The number of hydrogen-bond acceptors (Lipinski definition) is 6. The van der Waals surface area contributed by atoms with E-state index in [0.717, 1.165) is 0 Å². The number of ether oxygens (including phenoxy) is 3. The smallest absolute Gasteiger partial charge is 0.338 e. The Morgan fingerprint density at radius 3 is 2.38 bits per heavy atom. The fraction of sp³-hybridized carbons (Fsp3) is 0.167. The zero-order chi connectivity index (χ0) is 18.5. The summed E-state index contributed by atoms with van der Waals surface area (Å²) in [6.07, 6.45) is 0. The number of esters is 1. The molecule has 0 atom stereocenters. The van der Waals surface area contributed by atoms with E-state index in [0.29, 0.717) is 22.9 Å². The molecule has 2 N–H and O–H groups in total. The number of benzene rings is 2. The second-order valence-corrected chi connectivity index (χ2v) is 5.45. The Labute approximate surface area is 149 Å². The second kappa shape index (κ2) is 7.56. The molecule has 0 radical (unpaired) electrons. The molecular weight excluding hydrogens is 340 g/mol. The molecule has 8 nitrogen and oxygen atoms in total. The normalized spacial score (nSPS) is 11.6. The lowest BCUT2D eigenvalue weighted by Gasteiger charge is -2.08. The van der Waals surface area contributed by atoms with Crippen molar-refractivity contribution in [2.24, 2.45) is 0 Å². The van der Waals surface area contributed by atoms with Gasteiger partial charge in [0.2, 0.25) is 12.7 Å². The van der Waals surface area contributed by atoms with Gasteiger partial charge in [-0.3, -0.25) is 9.59 Å². The van der Waals surface area contributed by atoms with Crippen LogP contribution in [0.5, 0.6) is 11.5 Å². The summed E-state index contributed by atoms with van der Waals surface area (Å²) < 4.78 is 15.4. The Kier molecular flexibility index (Phi) is 5.02. The van der Waals surface area contributed by atoms with Gasteiger partial charge < -0.3 is 24.8 Å². The van der Waals surface area contributed by atoms with Crippen molar-refractivity contribution >= 4 is 29.2 Å². The van der Waals surface area contributed by atoms with E-state index in [4.69, 9.17) is 14.2 Å². The number of nitrogens with one attached hydrogen (secondary N) is 2. The number of hydrogen-bond donors (Lipinski definition) is 2. The van der Waals surface area contributed by atoms with Crippen LogP contribution in [0, 0.1) is 0 Å². The van der Waals surface area contributed by atoms with Gasteiger partial charge in [0.25, 0.3) is 5.91 Å². The summed E-state index contributed by atoms with van der Waals surface area (Å²) in [6.45, 7) is 1.10. The molecular formula is C18H16N2O6. The van der Waals surface area contributed by atoms with E-state index in [-0.39, 0.29) is 18.3 Å². The van der Waals surface area contributed by atoms with Gasteiger partial charge in [-0.25, -0.2) is 4.79 Å². The van der Waals surface area contributed by atoms with E-state index in [1.54, 1.807) is 30.3 Å². The summed E-state index contributed by atoms with van der Waals surface area (Å²) in [6, 6.07) is 11.1. The summed E-state index contributed by atoms with van der Waals surface area (Å²) in [5, 5.41) is 5.20. The molecule has 2 amide bonds. The van der Waals surface area contributed by atoms with Crippen LogP contribution in [0.3, 0.4) is 0 Å². The summed E-state index contributed by atoms with van der Waals surface area (Å²) in [7, 11) is 0. The van der Waals surface area contributed by atoms with Crippen molar-refractivity contribution < 1.29 is 28.6 Å². The third kappa shape index (κ3) is 4.29. The molecule has 26 heavy (non-hydrogen) atoms. The van der Waals surface area contributed by atoms with Gasteiger partial charge >= 0.3 is 5.97 Å². The molecule has 1 aliphatic heterocycles. The predicted octanol–water partition coefficient (Wildman–Crippen LogP) is 2.17. The number of amides is 2. The van der Waals surface area contributed by atoms with Crippen LogP contribution < -0.4 is 20.1 Å². The minimum atomic E-state index is -0.639. The quantitative estimate of drug-likeness (QED) is 0.796. The molecule has 0 aromatic heterocycles. The first kappa shape index (κ1) is 17.3. The fourth-order valence-corrected chi connectivity index (χ4v) is 2.28. The third-order valence-corrected chi connectivity index (χ3v) is 3.43. The summed E-state index contributed by atoms with van der Waals surface area (Å²) >= 11 is 0. The highest BCUT2D eigenvalue weighted by molar-refractivity contribution is 5.96. The molecule has 8 heteroatoms. The lowest BCUT2D eigenvalue weighted by atomic mass is 10.2. The molecule has 1 aliphatic rings. The number of anilines is 2. The molecule has 2 aromatic carbocycles. The summed E-state index contributed by atoms with van der Waals surface area (Å²) in [5.74, 6) is -0.177. The molecule has 2 aromatic rings. The minimum absolute atomic E-state index is 0.144. The molecule has 0 saturated carbocycles. The van der Waals surface area contributed by atoms with Crippen molar-refractivity contribution in [3.8, 4) is 11.5 Å². The van der Waals surface area contributed by atoms with Crippen molar-refractivity contribution in [3.05, 3.63) is 48.0 Å². The highest BCUT2D eigenvalue weighted by Gasteiger charge is 2.15. The molecule has 0 unspecified atom stereocenters. The molecule has 0 aliphatic carbocycles. The van der Waals surface area contributed by atoms with Gasteiger partial charge in [0.1, 0.15) is 0 Å². The first-order valence-electron chi connectivity index (χ1n) is 7.75. The number of fused-ring (bicyclic) bond motifs is 1. The maximum Gasteiger partial charge on any atom is 0.338 e. The Morgan fingerprint density at radius 2 is 1.65 bits per heavy atom. The lowest BCUT2D eigenvalue weighted by Crippen LogP contribution is -2.20. The van der Waals surface area contributed by atoms with Crippen molar-refractivity contribution in [1.29, 1.82) is 0 Å². The van der Waals surface area contributed by atoms with Crippen LogP contribution in [-0.4, -0.2) is 31.2 Å². The van der Waals surface area contributed by atoms with Gasteiger partial charge in [-0.2, -0.15) is 0 Å². The van der Waals surface area contributed by atoms with Crippen LogP contribution in [0.2, 0.25) is 0 Å². The van der Waals surface area contributed by atoms with Gasteiger partial charge in [0.05, 0.1) is 5.56 Å². The zero-order valence-corrected chi connectivity index (χ0v) is 13.9. The Morgan fingerprint density at radius 1 is 0.962 bits per heavy atom. The Balaban J connectivity index is 1.50. The van der Waals surface area contributed by atoms with Crippen molar-refractivity contribution in [1.82, 2.24) is 0 Å². The number of carbonyl (C=O) groups excluding carboxylic acids is 3. The average molecular weight is 356 g/mol. The second-order valence-electron chi connectivity index (χ2n) is 5.45.